The molecule has 0 unspecified atom stereocenters. The van der Waals surface area contributed by atoms with Crippen molar-refractivity contribution in [2.45, 2.75) is 37.5 Å². The summed E-state index contributed by atoms with van der Waals surface area (Å²) in [5.74, 6) is 0.831. The fraction of sp³-hybridized carbons (Fsp3) is 0.467. The molecule has 2 heterocycles. The van der Waals surface area contributed by atoms with Crippen molar-refractivity contribution in [1.29, 1.82) is 0 Å². The molecule has 0 atom stereocenters. The average Bonchev–Trinajstić information content (AvgIpc) is 2.84. The van der Waals surface area contributed by atoms with E-state index in [1.807, 2.05) is 6.92 Å². The molecule has 0 bridgehead atoms. The summed E-state index contributed by atoms with van der Waals surface area (Å²) in [4.78, 5) is 3.95. The second kappa shape index (κ2) is 6.19. The molecule has 2 aromatic rings. The van der Waals surface area contributed by atoms with Crippen molar-refractivity contribution in [1.82, 2.24) is 14.8 Å². The van der Waals surface area contributed by atoms with Gasteiger partial charge in [-0.1, -0.05) is 0 Å². The Bertz CT molecular complexity index is 814. The highest BCUT2D eigenvalue weighted by molar-refractivity contribution is 7.92. The molecular formula is C15H20N4O3S. The third-order valence-corrected chi connectivity index (χ3v) is 5.23. The molecule has 0 spiro atoms. The molecule has 124 valence electrons. The molecule has 0 fully saturated rings. The first-order chi connectivity index (χ1) is 11.0. The van der Waals surface area contributed by atoms with Crippen molar-refractivity contribution in [3.05, 3.63) is 29.7 Å². The van der Waals surface area contributed by atoms with Gasteiger partial charge in [0.1, 0.15) is 16.5 Å². The summed E-state index contributed by atoms with van der Waals surface area (Å²) in [6.45, 7) is 2.19. The summed E-state index contributed by atoms with van der Waals surface area (Å²) in [5, 5.41) is 4.43. The largest absolute Gasteiger partial charge is 0.492 e. The fourth-order valence-electron chi connectivity index (χ4n) is 2.83. The van der Waals surface area contributed by atoms with E-state index in [-0.39, 0.29) is 4.90 Å². The Morgan fingerprint density at radius 1 is 1.35 bits per heavy atom. The lowest BCUT2D eigenvalue weighted by Crippen LogP contribution is -2.18. The maximum Gasteiger partial charge on any atom is 0.268 e. The number of nitrogens with one attached hydrogen (secondary N) is 1. The predicted molar refractivity (Wildman–Crippen MR) is 86.1 cm³/mol. The van der Waals surface area contributed by atoms with E-state index in [9.17, 15) is 8.42 Å². The summed E-state index contributed by atoms with van der Waals surface area (Å²) in [5.41, 5.74) is 1.97. The van der Waals surface area contributed by atoms with E-state index in [1.165, 1.54) is 12.4 Å². The maximum absolute atomic E-state index is 12.8. The fourth-order valence-corrected chi connectivity index (χ4v) is 4.05. The van der Waals surface area contributed by atoms with Crippen LogP contribution in [0.4, 0.5) is 5.82 Å². The van der Waals surface area contributed by atoms with Gasteiger partial charge in [-0.15, -0.1) is 0 Å². The van der Waals surface area contributed by atoms with Crippen LogP contribution in [0.3, 0.4) is 0 Å². The van der Waals surface area contributed by atoms with E-state index in [4.69, 9.17) is 4.74 Å². The molecule has 0 aromatic carbocycles. The van der Waals surface area contributed by atoms with Crippen LogP contribution in [-0.4, -0.2) is 29.8 Å². The van der Waals surface area contributed by atoms with E-state index >= 15 is 0 Å². The van der Waals surface area contributed by atoms with Crippen molar-refractivity contribution in [2.75, 3.05) is 11.3 Å². The van der Waals surface area contributed by atoms with Crippen molar-refractivity contribution in [2.24, 2.45) is 7.05 Å². The standard InChI is InChI=1S/C15H20N4O3S/c1-3-22-13-8-9-16-10-14(13)23(20,21)18-15-11-6-4-5-7-12(11)17-19(15)2/h8-10,18H,3-7H2,1-2H3. The van der Waals surface area contributed by atoms with E-state index in [0.29, 0.717) is 18.2 Å². The van der Waals surface area contributed by atoms with Gasteiger partial charge >= 0.3 is 0 Å². The predicted octanol–water partition coefficient (Wildman–Crippen LogP) is 1.89. The molecule has 23 heavy (non-hydrogen) atoms. The Hall–Kier alpha value is -2.09. The van der Waals surface area contributed by atoms with Crippen LogP contribution in [0.25, 0.3) is 0 Å². The number of aryl methyl sites for hydroxylation is 2. The van der Waals surface area contributed by atoms with E-state index in [0.717, 1.165) is 36.9 Å². The molecule has 1 aliphatic carbocycles. The van der Waals surface area contributed by atoms with Gasteiger partial charge in [-0.3, -0.25) is 14.4 Å². The maximum atomic E-state index is 12.8. The van der Waals surface area contributed by atoms with Gasteiger partial charge < -0.3 is 4.74 Å². The monoisotopic (exact) mass is 336 g/mol. The first-order valence-corrected chi connectivity index (χ1v) is 9.15. The number of pyridine rings is 1. The molecule has 7 nitrogen and oxygen atoms in total. The number of aromatic nitrogens is 3. The highest BCUT2D eigenvalue weighted by atomic mass is 32.2. The molecule has 0 saturated carbocycles. The second-order valence-electron chi connectivity index (χ2n) is 5.47. The van der Waals surface area contributed by atoms with Gasteiger partial charge in [-0.05, 0) is 38.7 Å². The SMILES string of the molecule is CCOc1ccncc1S(=O)(=O)Nc1c2c(nn1C)CCCC2. The minimum atomic E-state index is -3.79. The number of nitrogens with zero attached hydrogens (tertiary/aromatic N) is 3. The number of anilines is 1. The van der Waals surface area contributed by atoms with Crippen molar-refractivity contribution >= 4 is 15.8 Å². The normalized spacial score (nSPS) is 14.3. The third kappa shape index (κ3) is 3.03. The summed E-state index contributed by atoms with van der Waals surface area (Å²) in [7, 11) is -2.04. The highest BCUT2D eigenvalue weighted by Crippen LogP contribution is 2.30. The number of hydrogen-bond acceptors (Lipinski definition) is 5. The Kier molecular flexibility index (Phi) is 4.25. The van der Waals surface area contributed by atoms with Crippen molar-refractivity contribution in [3.8, 4) is 5.75 Å². The van der Waals surface area contributed by atoms with Crippen LogP contribution in [0.2, 0.25) is 0 Å². The minimum absolute atomic E-state index is 0.0348. The molecule has 0 saturated heterocycles. The van der Waals surface area contributed by atoms with Gasteiger partial charge in [0, 0.05) is 18.8 Å². The molecule has 1 aliphatic rings. The summed E-state index contributed by atoms with van der Waals surface area (Å²) in [6.07, 6.45) is 6.68. The zero-order valence-electron chi connectivity index (χ0n) is 13.2. The number of sulfonamides is 1. The molecule has 2 aromatic heterocycles. The van der Waals surface area contributed by atoms with E-state index < -0.39 is 10.0 Å². The summed E-state index contributed by atoms with van der Waals surface area (Å²) >= 11 is 0. The average molecular weight is 336 g/mol. The lowest BCUT2D eigenvalue weighted by atomic mass is 9.98. The van der Waals surface area contributed by atoms with Crippen LogP contribution in [0.1, 0.15) is 31.0 Å². The molecule has 8 heteroatoms. The van der Waals surface area contributed by atoms with Crippen LogP contribution in [0.5, 0.6) is 5.75 Å². The molecule has 0 aliphatic heterocycles. The number of rotatable bonds is 5. The summed E-state index contributed by atoms with van der Waals surface area (Å²) < 4.78 is 35.2. The molecule has 0 radical (unpaired) electrons. The number of fused-ring (bicyclic) bond motifs is 1. The van der Waals surface area contributed by atoms with Crippen molar-refractivity contribution in [3.63, 3.8) is 0 Å². The van der Waals surface area contributed by atoms with Crippen LogP contribution in [0.15, 0.2) is 23.4 Å². The third-order valence-electron chi connectivity index (χ3n) is 3.89. The Balaban J connectivity index is 1.98. The first-order valence-electron chi connectivity index (χ1n) is 7.67. The van der Waals surface area contributed by atoms with Crippen LogP contribution < -0.4 is 9.46 Å². The molecule has 1 N–H and O–H groups in total. The van der Waals surface area contributed by atoms with Gasteiger partial charge in [0.15, 0.2) is 0 Å². The molecular weight excluding hydrogens is 316 g/mol. The van der Waals surface area contributed by atoms with E-state index in [1.54, 1.807) is 17.8 Å². The van der Waals surface area contributed by atoms with Crippen LogP contribution >= 0.6 is 0 Å². The molecule has 0 amide bonds. The van der Waals surface area contributed by atoms with Crippen molar-refractivity contribution < 1.29 is 13.2 Å². The topological polar surface area (TPSA) is 86.1 Å². The van der Waals surface area contributed by atoms with Crippen LogP contribution in [0, 0.1) is 0 Å². The lowest BCUT2D eigenvalue weighted by Gasteiger charge is -2.14. The van der Waals surface area contributed by atoms with Gasteiger partial charge in [-0.2, -0.15) is 5.10 Å². The Morgan fingerprint density at radius 2 is 2.13 bits per heavy atom. The van der Waals surface area contributed by atoms with Gasteiger partial charge in [0.25, 0.3) is 10.0 Å². The zero-order valence-corrected chi connectivity index (χ0v) is 14.1. The summed E-state index contributed by atoms with van der Waals surface area (Å²) in [6, 6.07) is 1.55. The van der Waals surface area contributed by atoms with Gasteiger partial charge in [0.2, 0.25) is 0 Å². The quantitative estimate of drug-likeness (QED) is 0.901. The molecule has 3 rings (SSSR count). The Morgan fingerprint density at radius 3 is 2.91 bits per heavy atom. The number of ether oxygens (including phenoxy) is 1. The minimum Gasteiger partial charge on any atom is -0.492 e. The van der Waals surface area contributed by atoms with Crippen LogP contribution in [-0.2, 0) is 29.9 Å². The lowest BCUT2D eigenvalue weighted by molar-refractivity contribution is 0.330. The first kappa shape index (κ1) is 15.8. The van der Waals surface area contributed by atoms with Gasteiger partial charge in [0.05, 0.1) is 18.5 Å². The smallest absolute Gasteiger partial charge is 0.268 e. The second-order valence-corrected chi connectivity index (χ2v) is 7.12. The zero-order chi connectivity index (χ0) is 16.4. The van der Waals surface area contributed by atoms with E-state index in [2.05, 4.69) is 14.8 Å². The Labute approximate surface area is 135 Å². The number of hydrogen-bond donors (Lipinski definition) is 1. The van der Waals surface area contributed by atoms with Gasteiger partial charge in [-0.25, -0.2) is 8.42 Å². The highest BCUT2D eigenvalue weighted by Gasteiger charge is 2.26.